The minimum Gasteiger partial charge on any atom is -0.378 e. The number of morpholine rings is 1. The maximum Gasteiger partial charge on any atom is 0.248 e. The van der Waals surface area contributed by atoms with Crippen molar-refractivity contribution in [3.63, 3.8) is 0 Å². The van der Waals surface area contributed by atoms with E-state index in [1.807, 2.05) is 41.5 Å². The molecule has 0 spiro atoms. The molecule has 0 bridgehead atoms. The molecule has 1 aliphatic carbocycles. The van der Waals surface area contributed by atoms with Gasteiger partial charge >= 0.3 is 0 Å². The van der Waals surface area contributed by atoms with Crippen LogP contribution in [0.5, 0.6) is 0 Å². The number of hydrogen-bond donors (Lipinski definition) is 2. The second-order valence-corrected chi connectivity index (χ2v) is 9.70. The van der Waals surface area contributed by atoms with Crippen LogP contribution in [0.15, 0.2) is 24.4 Å². The van der Waals surface area contributed by atoms with Gasteiger partial charge in [0.1, 0.15) is 5.69 Å². The van der Waals surface area contributed by atoms with Gasteiger partial charge < -0.3 is 10.5 Å². The van der Waals surface area contributed by atoms with Gasteiger partial charge in [0.15, 0.2) is 11.6 Å². The number of nitrogens with zero attached hydrogens (tertiary/aromatic N) is 7. The molecule has 3 N–H and O–H groups in total. The monoisotopic (exact) mass is 489 g/mol. The van der Waals surface area contributed by atoms with Crippen molar-refractivity contribution in [1.82, 2.24) is 39.6 Å². The number of ether oxygens (including phenoxy) is 1. The van der Waals surface area contributed by atoms with E-state index in [1.165, 1.54) is 12.8 Å². The van der Waals surface area contributed by atoms with Crippen LogP contribution in [0, 0.1) is 12.8 Å². The summed E-state index contributed by atoms with van der Waals surface area (Å²) >= 11 is 0. The first kappa shape index (κ1) is 22.9. The standard InChI is InChI=1S/C25H31N9O2/c1-3-33-21(10-15(2)31-33)25-28-24(29-30-25)18-11-17(23(26)35)12-20-19(18)13-27-34(20)7-6-32-8-9-36-14-22(32)16-4-5-16/h10-13,16,22H,3-9,14H2,1-2H3,(H2,26,35)(H,28,29,30)/t22-/m1/s1. The van der Waals surface area contributed by atoms with E-state index in [1.54, 1.807) is 6.07 Å². The number of rotatable bonds is 8. The number of hydrogen-bond acceptors (Lipinski definition) is 7. The van der Waals surface area contributed by atoms with Crippen molar-refractivity contribution in [3.8, 4) is 22.9 Å². The fourth-order valence-corrected chi connectivity index (χ4v) is 5.23. The summed E-state index contributed by atoms with van der Waals surface area (Å²) in [5, 5.41) is 17.5. The number of aromatic amines is 1. The molecular weight excluding hydrogens is 458 g/mol. The number of primary amides is 1. The molecule has 1 amide bonds. The number of carbonyl (C=O) groups is 1. The van der Waals surface area contributed by atoms with Gasteiger partial charge in [-0.05, 0) is 50.8 Å². The van der Waals surface area contributed by atoms with Gasteiger partial charge in [-0.2, -0.15) is 15.3 Å². The molecule has 6 rings (SSSR count). The Hall–Kier alpha value is -3.57. The maximum absolute atomic E-state index is 12.2. The van der Waals surface area contributed by atoms with Gasteiger partial charge in [0.25, 0.3) is 0 Å². The summed E-state index contributed by atoms with van der Waals surface area (Å²) in [7, 11) is 0. The number of H-pyrrole nitrogens is 1. The van der Waals surface area contributed by atoms with E-state index in [0.29, 0.717) is 36.3 Å². The van der Waals surface area contributed by atoms with Crippen LogP contribution in [0.1, 0.15) is 35.8 Å². The summed E-state index contributed by atoms with van der Waals surface area (Å²) in [6, 6.07) is 6.03. The lowest BCUT2D eigenvalue weighted by Gasteiger charge is -2.35. The zero-order valence-electron chi connectivity index (χ0n) is 20.6. The molecule has 1 saturated carbocycles. The van der Waals surface area contributed by atoms with Crippen molar-refractivity contribution in [2.45, 2.75) is 45.8 Å². The lowest BCUT2D eigenvalue weighted by atomic mass is 10.0. The molecule has 11 nitrogen and oxygen atoms in total. The molecule has 0 unspecified atom stereocenters. The van der Waals surface area contributed by atoms with Crippen LogP contribution in [0.2, 0.25) is 0 Å². The Morgan fingerprint density at radius 2 is 2.08 bits per heavy atom. The number of amides is 1. The largest absolute Gasteiger partial charge is 0.378 e. The topological polar surface area (TPSA) is 133 Å². The Labute approximate surface area is 208 Å². The van der Waals surface area contributed by atoms with Crippen LogP contribution in [0.4, 0.5) is 0 Å². The number of carbonyl (C=O) groups excluding carboxylic acids is 1. The van der Waals surface area contributed by atoms with Gasteiger partial charge in [-0.25, -0.2) is 4.98 Å². The van der Waals surface area contributed by atoms with Crippen LogP contribution in [-0.4, -0.2) is 77.9 Å². The zero-order chi connectivity index (χ0) is 24.8. The van der Waals surface area contributed by atoms with Gasteiger partial charge in [0.2, 0.25) is 5.91 Å². The van der Waals surface area contributed by atoms with Crippen molar-refractivity contribution < 1.29 is 9.53 Å². The molecule has 11 heteroatoms. The van der Waals surface area contributed by atoms with E-state index in [4.69, 9.17) is 15.5 Å². The lowest BCUT2D eigenvalue weighted by Crippen LogP contribution is -2.47. The molecule has 1 saturated heterocycles. The molecule has 188 valence electrons. The molecule has 0 radical (unpaired) electrons. The van der Waals surface area contributed by atoms with E-state index in [-0.39, 0.29) is 0 Å². The minimum absolute atomic E-state index is 0.411. The average molecular weight is 490 g/mol. The molecule has 4 heterocycles. The minimum atomic E-state index is -0.493. The quantitative estimate of drug-likeness (QED) is 0.388. The van der Waals surface area contributed by atoms with Crippen molar-refractivity contribution in [3.05, 3.63) is 35.7 Å². The summed E-state index contributed by atoms with van der Waals surface area (Å²) < 4.78 is 9.57. The van der Waals surface area contributed by atoms with Crippen LogP contribution in [0.3, 0.4) is 0 Å². The van der Waals surface area contributed by atoms with Crippen molar-refractivity contribution in [1.29, 1.82) is 0 Å². The van der Waals surface area contributed by atoms with Crippen LogP contribution in [-0.2, 0) is 17.8 Å². The molecule has 1 aliphatic heterocycles. The van der Waals surface area contributed by atoms with Gasteiger partial charge in [-0.1, -0.05) is 0 Å². The summed E-state index contributed by atoms with van der Waals surface area (Å²) in [6.45, 7) is 8.80. The Morgan fingerprint density at radius 3 is 2.86 bits per heavy atom. The second-order valence-electron chi connectivity index (χ2n) is 9.70. The highest BCUT2D eigenvalue weighted by molar-refractivity contribution is 6.02. The molecule has 3 aromatic heterocycles. The molecule has 2 aliphatic rings. The number of aromatic nitrogens is 7. The van der Waals surface area contributed by atoms with E-state index in [9.17, 15) is 4.79 Å². The first-order valence-corrected chi connectivity index (χ1v) is 12.6. The number of benzene rings is 1. The molecule has 2 fully saturated rings. The highest BCUT2D eigenvalue weighted by Crippen LogP contribution is 2.36. The number of aryl methyl sites for hydroxylation is 2. The fourth-order valence-electron chi connectivity index (χ4n) is 5.23. The maximum atomic E-state index is 12.2. The van der Waals surface area contributed by atoms with Gasteiger partial charge in [0.05, 0.1) is 37.2 Å². The predicted molar refractivity (Wildman–Crippen MR) is 134 cm³/mol. The van der Waals surface area contributed by atoms with Crippen LogP contribution < -0.4 is 5.73 Å². The number of nitrogens with one attached hydrogen (secondary N) is 1. The Balaban J connectivity index is 1.33. The van der Waals surface area contributed by atoms with E-state index >= 15 is 0 Å². The summed E-state index contributed by atoms with van der Waals surface area (Å²) in [4.78, 5) is 19.5. The Bertz CT molecular complexity index is 1410. The number of nitrogens with two attached hydrogens (primary N) is 1. The van der Waals surface area contributed by atoms with Crippen LogP contribution >= 0.6 is 0 Å². The third-order valence-corrected chi connectivity index (χ3v) is 7.26. The Kier molecular flexibility index (Phi) is 5.81. The number of fused-ring (bicyclic) bond motifs is 1. The summed E-state index contributed by atoms with van der Waals surface area (Å²) in [6.07, 6.45) is 4.41. The van der Waals surface area contributed by atoms with Gasteiger partial charge in [-0.15, -0.1) is 0 Å². The SMILES string of the molecule is CCn1nc(C)cc1-c1n[nH]c(-c2cc(C(N)=O)cc3c2cnn3CCN2CCOC[C@@H]2C2CC2)n1. The van der Waals surface area contributed by atoms with E-state index < -0.39 is 5.91 Å². The normalized spacial score (nSPS) is 18.8. The summed E-state index contributed by atoms with van der Waals surface area (Å²) in [5.74, 6) is 1.37. The predicted octanol–water partition coefficient (Wildman–Crippen LogP) is 2.22. The highest BCUT2D eigenvalue weighted by atomic mass is 16.5. The van der Waals surface area contributed by atoms with Crippen LogP contribution in [0.25, 0.3) is 33.8 Å². The first-order chi connectivity index (χ1) is 17.5. The third-order valence-electron chi connectivity index (χ3n) is 7.26. The molecular formula is C25H31N9O2. The zero-order valence-corrected chi connectivity index (χ0v) is 20.6. The molecule has 36 heavy (non-hydrogen) atoms. The Morgan fingerprint density at radius 1 is 1.22 bits per heavy atom. The van der Waals surface area contributed by atoms with E-state index in [2.05, 4.69) is 25.3 Å². The average Bonchev–Trinajstić information content (AvgIpc) is 3.28. The van der Waals surface area contributed by atoms with Gasteiger partial charge in [0, 0.05) is 42.2 Å². The smallest absolute Gasteiger partial charge is 0.248 e. The van der Waals surface area contributed by atoms with Crippen molar-refractivity contribution in [2.24, 2.45) is 11.7 Å². The molecule has 4 aromatic rings. The van der Waals surface area contributed by atoms with Crippen molar-refractivity contribution >= 4 is 16.8 Å². The third kappa shape index (κ3) is 4.18. The van der Waals surface area contributed by atoms with E-state index in [0.717, 1.165) is 60.1 Å². The second kappa shape index (κ2) is 9.14. The summed E-state index contributed by atoms with van der Waals surface area (Å²) in [5.41, 5.74) is 9.46. The highest BCUT2D eigenvalue weighted by Gasteiger charge is 2.37. The van der Waals surface area contributed by atoms with Crippen molar-refractivity contribution in [2.75, 3.05) is 26.3 Å². The van der Waals surface area contributed by atoms with Gasteiger partial charge in [-0.3, -0.25) is 24.2 Å². The lowest BCUT2D eigenvalue weighted by molar-refractivity contribution is -0.0171. The molecule has 1 aromatic carbocycles. The fraction of sp³-hybridized carbons (Fsp3) is 0.480. The molecule has 1 atom stereocenters. The first-order valence-electron chi connectivity index (χ1n) is 12.6.